The Labute approximate surface area is 178 Å². The molecule has 2 aliphatic rings. The minimum absolute atomic E-state index is 0.142. The van der Waals surface area contributed by atoms with Crippen LogP contribution in [0.2, 0.25) is 0 Å². The Hall–Kier alpha value is -2.60. The van der Waals surface area contributed by atoms with E-state index in [9.17, 15) is 9.59 Å². The average Bonchev–Trinajstić information content (AvgIpc) is 2.86. The van der Waals surface area contributed by atoms with Gasteiger partial charge in [-0.1, -0.05) is 47.1 Å². The molecule has 2 N–H and O–H groups in total. The number of hydrogen-bond donors (Lipinski definition) is 2. The van der Waals surface area contributed by atoms with E-state index >= 15 is 0 Å². The first kappa shape index (κ1) is 19.7. The van der Waals surface area contributed by atoms with E-state index in [-0.39, 0.29) is 17.7 Å². The minimum Gasteiger partial charge on any atom is -0.468 e. The van der Waals surface area contributed by atoms with Gasteiger partial charge in [0.15, 0.2) is 5.78 Å². The first-order valence-electron chi connectivity index (χ1n) is 9.64. The van der Waals surface area contributed by atoms with Crippen LogP contribution in [0, 0.1) is 18.8 Å². The molecule has 0 fully saturated rings. The van der Waals surface area contributed by atoms with Crippen molar-refractivity contribution in [2.24, 2.45) is 11.8 Å². The van der Waals surface area contributed by atoms with Crippen LogP contribution in [-0.2, 0) is 14.3 Å². The summed E-state index contributed by atoms with van der Waals surface area (Å²) in [4.78, 5) is 26.0. The number of hydrogen-bond acceptors (Lipinski definition) is 5. The largest absolute Gasteiger partial charge is 0.468 e. The van der Waals surface area contributed by atoms with Crippen molar-refractivity contribution < 1.29 is 14.3 Å². The summed E-state index contributed by atoms with van der Waals surface area (Å²) in [5, 5.41) is 6.99. The molecule has 5 nitrogen and oxygen atoms in total. The summed E-state index contributed by atoms with van der Waals surface area (Å²) >= 11 is 3.60. The summed E-state index contributed by atoms with van der Waals surface area (Å²) in [7, 11) is 1.33. The molecule has 0 spiro atoms. The second-order valence-corrected chi connectivity index (χ2v) is 8.55. The van der Waals surface area contributed by atoms with Crippen LogP contribution in [0.1, 0.15) is 30.5 Å². The summed E-state index contributed by atoms with van der Waals surface area (Å²) < 4.78 is 5.93. The van der Waals surface area contributed by atoms with Crippen molar-refractivity contribution in [3.05, 3.63) is 69.3 Å². The van der Waals surface area contributed by atoms with Gasteiger partial charge in [-0.2, -0.15) is 0 Å². The van der Waals surface area contributed by atoms with E-state index in [1.54, 1.807) is 0 Å². The molecule has 0 bridgehead atoms. The maximum atomic E-state index is 13.6. The predicted molar refractivity (Wildman–Crippen MR) is 117 cm³/mol. The van der Waals surface area contributed by atoms with E-state index in [2.05, 4.69) is 26.6 Å². The number of ketones is 1. The van der Waals surface area contributed by atoms with Gasteiger partial charge >= 0.3 is 5.97 Å². The van der Waals surface area contributed by atoms with Gasteiger partial charge in [-0.15, -0.1) is 0 Å². The third-order valence-corrected chi connectivity index (χ3v) is 6.61. The zero-order valence-electron chi connectivity index (χ0n) is 16.6. The molecule has 0 unspecified atom stereocenters. The molecule has 0 radical (unpaired) electrons. The number of halogens is 1. The number of aryl methyl sites for hydroxylation is 1. The Balaban J connectivity index is 1.89. The standard InChI is InChI=1S/C23H23BrN2O3/c1-12-8-9-14(11-15(12)24)21-20-18(25-16-6-4-5-7-17(16)26-21)10-13(2)19(22(20)27)23(28)29-3/h4-9,11,13,19,21,25-26H,10H2,1-3H3/t13-,19+,21-/m1/s1. The number of esters is 1. The van der Waals surface area contributed by atoms with Crippen LogP contribution in [0.3, 0.4) is 0 Å². The molecular weight excluding hydrogens is 432 g/mol. The van der Waals surface area contributed by atoms with Gasteiger partial charge in [-0.05, 0) is 48.6 Å². The van der Waals surface area contributed by atoms with Gasteiger partial charge in [-0.25, -0.2) is 0 Å². The Morgan fingerprint density at radius 1 is 1.17 bits per heavy atom. The van der Waals surface area contributed by atoms with Crippen LogP contribution in [0.15, 0.2) is 58.2 Å². The Kier molecular flexibility index (Phi) is 5.21. The third kappa shape index (κ3) is 3.46. The first-order valence-corrected chi connectivity index (χ1v) is 10.4. The zero-order chi connectivity index (χ0) is 20.7. The normalized spacial score (nSPS) is 23.3. The summed E-state index contributed by atoms with van der Waals surface area (Å²) in [5.74, 6) is -1.59. The lowest BCUT2D eigenvalue weighted by Gasteiger charge is -2.32. The number of Topliss-reactive ketones (excluding diaryl/α,β-unsaturated/α-hetero) is 1. The summed E-state index contributed by atoms with van der Waals surface area (Å²) in [5.41, 5.74) is 5.38. The van der Waals surface area contributed by atoms with Gasteiger partial charge in [-0.3, -0.25) is 9.59 Å². The van der Waals surface area contributed by atoms with Crippen LogP contribution >= 0.6 is 15.9 Å². The van der Waals surface area contributed by atoms with E-state index in [0.717, 1.165) is 32.7 Å². The molecule has 0 amide bonds. The first-order chi connectivity index (χ1) is 13.9. The molecular formula is C23H23BrN2O3. The highest BCUT2D eigenvalue weighted by Crippen LogP contribution is 2.44. The Morgan fingerprint density at radius 2 is 1.90 bits per heavy atom. The zero-order valence-corrected chi connectivity index (χ0v) is 18.2. The fraction of sp³-hybridized carbons (Fsp3) is 0.304. The maximum absolute atomic E-state index is 13.6. The minimum atomic E-state index is -0.792. The van der Waals surface area contributed by atoms with E-state index in [4.69, 9.17) is 4.74 Å². The summed E-state index contributed by atoms with van der Waals surface area (Å²) in [6.07, 6.45) is 0.598. The van der Waals surface area contributed by atoms with Crippen LogP contribution < -0.4 is 10.6 Å². The Morgan fingerprint density at radius 3 is 2.59 bits per heavy atom. The molecule has 4 rings (SSSR count). The number of rotatable bonds is 2. The fourth-order valence-electron chi connectivity index (χ4n) is 4.17. The number of allylic oxidation sites excluding steroid dienone is 1. The van der Waals surface area contributed by atoms with Crippen molar-refractivity contribution in [3.8, 4) is 0 Å². The van der Waals surface area contributed by atoms with Crippen molar-refractivity contribution in [1.82, 2.24) is 0 Å². The van der Waals surface area contributed by atoms with Crippen molar-refractivity contribution in [2.75, 3.05) is 17.7 Å². The van der Waals surface area contributed by atoms with E-state index in [1.807, 2.05) is 56.3 Å². The molecule has 0 aromatic heterocycles. The van der Waals surface area contributed by atoms with Gasteiger partial charge < -0.3 is 15.4 Å². The van der Waals surface area contributed by atoms with E-state index in [1.165, 1.54) is 7.11 Å². The van der Waals surface area contributed by atoms with Crippen LogP contribution in [-0.4, -0.2) is 18.9 Å². The van der Waals surface area contributed by atoms with Gasteiger partial charge in [0, 0.05) is 15.7 Å². The molecule has 150 valence electrons. The monoisotopic (exact) mass is 454 g/mol. The summed E-state index contributed by atoms with van der Waals surface area (Å²) in [6.45, 7) is 3.95. The number of methoxy groups -OCH3 is 1. The highest BCUT2D eigenvalue weighted by atomic mass is 79.9. The number of carbonyl (C=O) groups excluding carboxylic acids is 2. The fourth-order valence-corrected chi connectivity index (χ4v) is 4.57. The van der Waals surface area contributed by atoms with E-state index < -0.39 is 11.9 Å². The molecule has 1 aliphatic heterocycles. The predicted octanol–water partition coefficient (Wildman–Crippen LogP) is 4.99. The molecule has 0 saturated carbocycles. The van der Waals surface area contributed by atoms with Crippen molar-refractivity contribution >= 4 is 39.1 Å². The molecule has 1 heterocycles. The SMILES string of the molecule is COC(=O)[C@@H]1C(=O)C2=C(C[C@H]1C)Nc1ccccc1N[C@@H]2c1ccc(C)c(Br)c1. The molecule has 2 aromatic carbocycles. The second kappa shape index (κ2) is 7.67. The van der Waals surface area contributed by atoms with Gasteiger partial charge in [0.1, 0.15) is 5.92 Å². The lowest BCUT2D eigenvalue weighted by molar-refractivity contribution is -0.151. The number of benzene rings is 2. The number of carbonyl (C=O) groups is 2. The third-order valence-electron chi connectivity index (χ3n) is 5.75. The molecule has 3 atom stereocenters. The van der Waals surface area contributed by atoms with Crippen molar-refractivity contribution in [1.29, 1.82) is 0 Å². The molecule has 6 heteroatoms. The van der Waals surface area contributed by atoms with Crippen LogP contribution in [0.4, 0.5) is 11.4 Å². The lowest BCUT2D eigenvalue weighted by Crippen LogP contribution is -2.39. The van der Waals surface area contributed by atoms with Crippen molar-refractivity contribution in [2.45, 2.75) is 26.3 Å². The quantitative estimate of drug-likeness (QED) is 0.494. The van der Waals surface area contributed by atoms with Crippen molar-refractivity contribution in [3.63, 3.8) is 0 Å². The van der Waals surface area contributed by atoms with Gasteiger partial charge in [0.25, 0.3) is 0 Å². The number of nitrogens with one attached hydrogen (secondary N) is 2. The average molecular weight is 455 g/mol. The van der Waals surface area contributed by atoms with Crippen LogP contribution in [0.25, 0.3) is 0 Å². The molecule has 29 heavy (non-hydrogen) atoms. The van der Waals surface area contributed by atoms with Gasteiger partial charge in [0.05, 0.1) is 24.5 Å². The lowest BCUT2D eigenvalue weighted by atomic mass is 9.75. The second-order valence-electron chi connectivity index (χ2n) is 7.70. The maximum Gasteiger partial charge on any atom is 0.316 e. The smallest absolute Gasteiger partial charge is 0.316 e. The highest BCUT2D eigenvalue weighted by Gasteiger charge is 2.44. The number of fused-ring (bicyclic) bond motifs is 1. The topological polar surface area (TPSA) is 67.4 Å². The van der Waals surface area contributed by atoms with E-state index in [0.29, 0.717) is 12.0 Å². The van der Waals surface area contributed by atoms with Crippen LogP contribution in [0.5, 0.6) is 0 Å². The number of anilines is 2. The number of ether oxygens (including phenoxy) is 1. The molecule has 2 aromatic rings. The summed E-state index contributed by atoms with van der Waals surface area (Å²) in [6, 6.07) is 13.6. The number of para-hydroxylation sites is 2. The Bertz CT molecular complexity index is 1030. The van der Waals surface area contributed by atoms with Gasteiger partial charge in [0.2, 0.25) is 0 Å². The molecule has 1 aliphatic carbocycles. The molecule has 0 saturated heterocycles. The highest BCUT2D eigenvalue weighted by molar-refractivity contribution is 9.10.